The molecule has 1 aromatic heterocycles. The lowest BCUT2D eigenvalue weighted by atomic mass is 10.1. The van der Waals surface area contributed by atoms with Gasteiger partial charge in [0.05, 0.1) is 5.75 Å². The van der Waals surface area contributed by atoms with Gasteiger partial charge >= 0.3 is 0 Å². The molecule has 0 radical (unpaired) electrons. The second kappa shape index (κ2) is 6.04. The average Bonchev–Trinajstić information content (AvgIpc) is 3.32. The predicted octanol–water partition coefficient (Wildman–Crippen LogP) is 3.57. The molecule has 1 saturated carbocycles. The van der Waals surface area contributed by atoms with Gasteiger partial charge in [-0.2, -0.15) is 0 Å². The quantitative estimate of drug-likeness (QED) is 0.704. The molecule has 0 saturated heterocycles. The SMILES string of the molecule is O=C(CSc1n[nH]c(C2CC2)n1)Nc1cccc2ccccc12. The van der Waals surface area contributed by atoms with Crippen molar-refractivity contribution in [1.29, 1.82) is 0 Å². The van der Waals surface area contributed by atoms with Crippen LogP contribution in [0.15, 0.2) is 47.6 Å². The molecule has 2 aromatic carbocycles. The van der Waals surface area contributed by atoms with E-state index in [1.54, 1.807) is 0 Å². The lowest BCUT2D eigenvalue weighted by molar-refractivity contribution is -0.113. The van der Waals surface area contributed by atoms with E-state index in [0.29, 0.717) is 16.8 Å². The summed E-state index contributed by atoms with van der Waals surface area (Å²) in [5.41, 5.74) is 0.836. The Bertz CT molecular complexity index is 851. The summed E-state index contributed by atoms with van der Waals surface area (Å²) in [6.45, 7) is 0. The van der Waals surface area contributed by atoms with Crippen LogP contribution in [-0.2, 0) is 4.79 Å². The normalized spacial score (nSPS) is 14.1. The standard InChI is InChI=1S/C17H16N4OS/c22-15(10-23-17-19-16(20-21-17)12-8-9-12)18-14-7-3-5-11-4-1-2-6-13(11)14/h1-7,12H,8-10H2,(H,18,22)(H,19,20,21). The maximum absolute atomic E-state index is 12.2. The van der Waals surface area contributed by atoms with Crippen molar-refractivity contribution >= 4 is 34.1 Å². The van der Waals surface area contributed by atoms with E-state index in [1.807, 2.05) is 42.5 Å². The fourth-order valence-corrected chi connectivity index (χ4v) is 3.12. The van der Waals surface area contributed by atoms with Gasteiger partial charge in [0.1, 0.15) is 5.82 Å². The first kappa shape index (κ1) is 14.3. The number of hydrogen-bond donors (Lipinski definition) is 2. The molecular weight excluding hydrogens is 308 g/mol. The van der Waals surface area contributed by atoms with E-state index in [1.165, 1.54) is 24.6 Å². The zero-order valence-electron chi connectivity index (χ0n) is 12.5. The number of hydrogen-bond acceptors (Lipinski definition) is 4. The van der Waals surface area contributed by atoms with E-state index in [9.17, 15) is 4.79 Å². The first-order valence-corrected chi connectivity index (χ1v) is 8.61. The Hall–Kier alpha value is -2.34. The van der Waals surface area contributed by atoms with Gasteiger partial charge in [-0.15, -0.1) is 5.10 Å². The molecule has 0 aliphatic heterocycles. The van der Waals surface area contributed by atoms with Crippen molar-refractivity contribution in [3.8, 4) is 0 Å². The number of aromatic nitrogens is 3. The van der Waals surface area contributed by atoms with Crippen molar-refractivity contribution < 1.29 is 4.79 Å². The van der Waals surface area contributed by atoms with Crippen LogP contribution in [-0.4, -0.2) is 26.8 Å². The summed E-state index contributed by atoms with van der Waals surface area (Å²) in [6.07, 6.45) is 2.36. The van der Waals surface area contributed by atoms with E-state index < -0.39 is 0 Å². The Kier molecular flexibility index (Phi) is 3.75. The third-order valence-electron chi connectivity index (χ3n) is 3.84. The van der Waals surface area contributed by atoms with Crippen molar-refractivity contribution in [2.24, 2.45) is 0 Å². The third-order valence-corrected chi connectivity index (χ3v) is 4.69. The number of aromatic amines is 1. The lowest BCUT2D eigenvalue weighted by Gasteiger charge is -2.08. The van der Waals surface area contributed by atoms with Crippen LogP contribution in [0.4, 0.5) is 5.69 Å². The molecule has 6 heteroatoms. The number of benzene rings is 2. The number of thioether (sulfide) groups is 1. The van der Waals surface area contributed by atoms with Crippen LogP contribution in [0.3, 0.4) is 0 Å². The number of carbonyl (C=O) groups is 1. The molecule has 23 heavy (non-hydrogen) atoms. The maximum Gasteiger partial charge on any atom is 0.234 e. The topological polar surface area (TPSA) is 70.7 Å². The van der Waals surface area contributed by atoms with Crippen molar-refractivity contribution in [3.05, 3.63) is 48.3 Å². The van der Waals surface area contributed by atoms with Gasteiger partial charge in [-0.3, -0.25) is 9.89 Å². The number of nitrogens with one attached hydrogen (secondary N) is 2. The maximum atomic E-state index is 12.2. The van der Waals surface area contributed by atoms with Crippen molar-refractivity contribution in [2.75, 3.05) is 11.1 Å². The van der Waals surface area contributed by atoms with E-state index in [2.05, 4.69) is 20.5 Å². The minimum Gasteiger partial charge on any atom is -0.325 e. The molecule has 1 aliphatic carbocycles. The molecule has 116 valence electrons. The number of amides is 1. The van der Waals surface area contributed by atoms with Crippen LogP contribution >= 0.6 is 11.8 Å². The van der Waals surface area contributed by atoms with Crippen LogP contribution in [0.2, 0.25) is 0 Å². The molecular formula is C17H16N4OS. The second-order valence-electron chi connectivity index (χ2n) is 5.64. The zero-order valence-corrected chi connectivity index (χ0v) is 13.3. The largest absolute Gasteiger partial charge is 0.325 e. The highest BCUT2D eigenvalue weighted by Crippen LogP contribution is 2.38. The predicted molar refractivity (Wildman–Crippen MR) is 91.7 cm³/mol. The minimum atomic E-state index is -0.0517. The van der Waals surface area contributed by atoms with E-state index >= 15 is 0 Å². The lowest BCUT2D eigenvalue weighted by Crippen LogP contribution is -2.14. The van der Waals surface area contributed by atoms with Crippen LogP contribution in [0.5, 0.6) is 0 Å². The van der Waals surface area contributed by atoms with Gasteiger partial charge in [-0.05, 0) is 24.3 Å². The van der Waals surface area contributed by atoms with Crippen LogP contribution in [0.1, 0.15) is 24.6 Å². The molecule has 4 rings (SSSR count). The van der Waals surface area contributed by atoms with Crippen molar-refractivity contribution in [2.45, 2.75) is 23.9 Å². The van der Waals surface area contributed by atoms with Crippen LogP contribution in [0.25, 0.3) is 10.8 Å². The van der Waals surface area contributed by atoms with Gasteiger partial charge in [0.25, 0.3) is 0 Å². The van der Waals surface area contributed by atoms with Gasteiger partial charge in [0, 0.05) is 17.0 Å². The fourth-order valence-electron chi connectivity index (χ4n) is 2.51. The van der Waals surface area contributed by atoms with Crippen molar-refractivity contribution in [1.82, 2.24) is 15.2 Å². The summed E-state index contributed by atoms with van der Waals surface area (Å²) in [5, 5.41) is 12.9. The molecule has 1 heterocycles. The Morgan fingerprint density at radius 2 is 2.04 bits per heavy atom. The van der Waals surface area contributed by atoms with Crippen molar-refractivity contribution in [3.63, 3.8) is 0 Å². The zero-order chi connectivity index (χ0) is 15.6. The molecule has 1 fully saturated rings. The Morgan fingerprint density at radius 3 is 2.91 bits per heavy atom. The van der Waals surface area contributed by atoms with Crippen LogP contribution < -0.4 is 5.32 Å². The second-order valence-corrected chi connectivity index (χ2v) is 6.58. The molecule has 0 atom stereocenters. The molecule has 2 N–H and O–H groups in total. The molecule has 0 bridgehead atoms. The first-order valence-electron chi connectivity index (χ1n) is 7.62. The summed E-state index contributed by atoms with van der Waals surface area (Å²) in [7, 11) is 0. The molecule has 0 unspecified atom stereocenters. The van der Waals surface area contributed by atoms with Gasteiger partial charge in [0.2, 0.25) is 11.1 Å². The Morgan fingerprint density at radius 1 is 1.22 bits per heavy atom. The summed E-state index contributed by atoms with van der Waals surface area (Å²) in [4.78, 5) is 16.6. The molecule has 5 nitrogen and oxygen atoms in total. The number of H-pyrrole nitrogens is 1. The summed E-state index contributed by atoms with van der Waals surface area (Å²) >= 11 is 1.35. The summed E-state index contributed by atoms with van der Waals surface area (Å²) in [5.74, 6) is 1.73. The fraction of sp³-hybridized carbons (Fsp3) is 0.235. The van der Waals surface area contributed by atoms with Gasteiger partial charge < -0.3 is 5.32 Å². The first-order chi connectivity index (χ1) is 11.3. The number of rotatable bonds is 5. The Balaban J connectivity index is 1.40. The number of nitrogens with zero attached hydrogens (tertiary/aromatic N) is 2. The highest BCUT2D eigenvalue weighted by Gasteiger charge is 2.27. The molecule has 0 spiro atoms. The molecule has 1 aliphatic rings. The monoisotopic (exact) mass is 324 g/mol. The van der Waals surface area contributed by atoms with Gasteiger partial charge in [-0.25, -0.2) is 4.98 Å². The Labute approximate surface area is 137 Å². The van der Waals surface area contributed by atoms with Gasteiger partial charge in [-0.1, -0.05) is 48.2 Å². The van der Waals surface area contributed by atoms with Gasteiger partial charge in [0.15, 0.2) is 0 Å². The number of carbonyl (C=O) groups excluding carboxylic acids is 1. The highest BCUT2D eigenvalue weighted by atomic mass is 32.2. The number of anilines is 1. The highest BCUT2D eigenvalue weighted by molar-refractivity contribution is 7.99. The third kappa shape index (κ3) is 3.22. The smallest absolute Gasteiger partial charge is 0.234 e. The van der Waals surface area contributed by atoms with Crippen LogP contribution in [0, 0.1) is 0 Å². The summed E-state index contributed by atoms with van der Waals surface area (Å²) in [6, 6.07) is 13.9. The van der Waals surface area contributed by atoms with E-state index in [-0.39, 0.29) is 5.91 Å². The number of fused-ring (bicyclic) bond motifs is 1. The van der Waals surface area contributed by atoms with E-state index in [4.69, 9.17) is 0 Å². The average molecular weight is 324 g/mol. The molecule has 3 aromatic rings. The minimum absolute atomic E-state index is 0.0517. The summed E-state index contributed by atoms with van der Waals surface area (Å²) < 4.78 is 0. The molecule has 1 amide bonds. The van der Waals surface area contributed by atoms with E-state index in [0.717, 1.165) is 22.3 Å².